The summed E-state index contributed by atoms with van der Waals surface area (Å²) in [5, 5.41) is 12.4. The minimum Gasteiger partial charge on any atom is -0.490 e. The molecule has 0 spiro atoms. The van der Waals surface area contributed by atoms with Crippen molar-refractivity contribution in [1.82, 2.24) is 5.32 Å². The minimum absolute atomic E-state index is 0.0751. The second-order valence-corrected chi connectivity index (χ2v) is 7.10. The molecule has 0 unspecified atom stereocenters. The fourth-order valence-corrected chi connectivity index (χ4v) is 3.50. The van der Waals surface area contributed by atoms with Crippen molar-refractivity contribution < 1.29 is 14.6 Å². The number of aliphatic hydroxyl groups is 1. The molecule has 4 heteroatoms. The van der Waals surface area contributed by atoms with Crippen molar-refractivity contribution >= 4 is 5.91 Å². The molecule has 0 aliphatic heterocycles. The van der Waals surface area contributed by atoms with Gasteiger partial charge in [0.2, 0.25) is 0 Å². The van der Waals surface area contributed by atoms with Gasteiger partial charge in [-0.25, -0.2) is 0 Å². The second-order valence-electron chi connectivity index (χ2n) is 7.10. The summed E-state index contributed by atoms with van der Waals surface area (Å²) in [6, 6.07) is 7.41. The largest absolute Gasteiger partial charge is 0.490 e. The molecule has 2 aliphatic rings. The number of ether oxygens (including phenoxy) is 1. The van der Waals surface area contributed by atoms with Crippen LogP contribution in [0.5, 0.6) is 5.75 Å². The fraction of sp³-hybridized carbons (Fsp3) is 0.632. The zero-order valence-electron chi connectivity index (χ0n) is 13.7. The number of amides is 1. The van der Waals surface area contributed by atoms with E-state index < -0.39 is 0 Å². The average Bonchev–Trinajstić information content (AvgIpc) is 2.56. The van der Waals surface area contributed by atoms with Gasteiger partial charge in [-0.3, -0.25) is 4.79 Å². The van der Waals surface area contributed by atoms with Crippen LogP contribution in [0, 0.1) is 5.41 Å². The van der Waals surface area contributed by atoms with Crippen LogP contribution in [0.3, 0.4) is 0 Å². The Hall–Kier alpha value is -1.55. The van der Waals surface area contributed by atoms with Crippen molar-refractivity contribution in [2.24, 2.45) is 5.41 Å². The van der Waals surface area contributed by atoms with Gasteiger partial charge in [0.05, 0.1) is 12.7 Å². The van der Waals surface area contributed by atoms with E-state index in [4.69, 9.17) is 4.74 Å². The van der Waals surface area contributed by atoms with Gasteiger partial charge in [0.1, 0.15) is 5.75 Å². The summed E-state index contributed by atoms with van der Waals surface area (Å²) in [4.78, 5) is 12.2. The van der Waals surface area contributed by atoms with Gasteiger partial charge in [0.25, 0.3) is 5.91 Å². The van der Waals surface area contributed by atoms with E-state index in [1.165, 1.54) is 19.3 Å². The molecule has 1 amide bonds. The van der Waals surface area contributed by atoms with Crippen LogP contribution in [0.4, 0.5) is 0 Å². The topological polar surface area (TPSA) is 58.6 Å². The first-order valence-corrected chi connectivity index (χ1v) is 8.87. The first-order chi connectivity index (χ1) is 11.2. The molecule has 0 heterocycles. The molecule has 2 fully saturated rings. The van der Waals surface area contributed by atoms with Crippen molar-refractivity contribution in [3.63, 3.8) is 0 Å². The molecular formula is C19H27NO3. The number of rotatable bonds is 6. The lowest BCUT2D eigenvalue weighted by Crippen LogP contribution is -2.44. The molecule has 4 nitrogen and oxygen atoms in total. The highest BCUT2D eigenvalue weighted by molar-refractivity contribution is 5.94. The normalized spacial score (nSPS) is 20.6. The Morgan fingerprint density at radius 2 is 1.83 bits per heavy atom. The molecule has 126 valence electrons. The highest BCUT2D eigenvalue weighted by Gasteiger charge is 2.36. The van der Waals surface area contributed by atoms with E-state index in [1.807, 2.05) is 24.3 Å². The summed E-state index contributed by atoms with van der Waals surface area (Å²) < 4.78 is 5.98. The lowest BCUT2D eigenvalue weighted by Gasteiger charge is -2.40. The van der Waals surface area contributed by atoms with Crippen molar-refractivity contribution in [3.05, 3.63) is 29.8 Å². The number of hydrogen-bond donors (Lipinski definition) is 2. The number of hydrogen-bond acceptors (Lipinski definition) is 3. The van der Waals surface area contributed by atoms with Gasteiger partial charge in [-0.1, -0.05) is 12.8 Å². The summed E-state index contributed by atoms with van der Waals surface area (Å²) >= 11 is 0. The van der Waals surface area contributed by atoms with E-state index in [0.29, 0.717) is 18.2 Å². The van der Waals surface area contributed by atoms with Crippen molar-refractivity contribution in [2.45, 2.75) is 57.5 Å². The summed E-state index contributed by atoms with van der Waals surface area (Å²) in [7, 11) is 0. The van der Waals surface area contributed by atoms with Crippen LogP contribution in [0.25, 0.3) is 0 Å². The van der Waals surface area contributed by atoms with Crippen LogP contribution >= 0.6 is 0 Å². The maximum Gasteiger partial charge on any atom is 0.251 e. The molecule has 0 saturated heterocycles. The summed E-state index contributed by atoms with van der Waals surface area (Å²) in [5.41, 5.74) is 0.563. The zero-order valence-corrected chi connectivity index (χ0v) is 13.7. The van der Waals surface area contributed by atoms with Crippen LogP contribution in [0.1, 0.15) is 61.7 Å². The monoisotopic (exact) mass is 317 g/mol. The summed E-state index contributed by atoms with van der Waals surface area (Å²) in [6.07, 6.45) is 9.53. The third-order valence-electron chi connectivity index (χ3n) is 5.35. The molecule has 2 aliphatic carbocycles. The highest BCUT2D eigenvalue weighted by Crippen LogP contribution is 2.39. The lowest BCUT2D eigenvalue weighted by atomic mass is 9.69. The van der Waals surface area contributed by atoms with Crippen molar-refractivity contribution in [2.75, 3.05) is 13.2 Å². The number of carbonyl (C=O) groups excluding carboxylic acids is 1. The number of nitrogens with one attached hydrogen (secondary N) is 1. The van der Waals surface area contributed by atoms with Gasteiger partial charge < -0.3 is 15.2 Å². The van der Waals surface area contributed by atoms with Gasteiger partial charge in [-0.2, -0.15) is 0 Å². The Bertz CT molecular complexity index is 510. The highest BCUT2D eigenvalue weighted by atomic mass is 16.5. The maximum atomic E-state index is 12.2. The summed E-state index contributed by atoms with van der Waals surface area (Å²) in [6.45, 7) is 0.712. The summed E-state index contributed by atoms with van der Waals surface area (Å²) in [5.74, 6) is 0.771. The Morgan fingerprint density at radius 3 is 2.39 bits per heavy atom. The van der Waals surface area contributed by atoms with Crippen molar-refractivity contribution in [1.29, 1.82) is 0 Å². The van der Waals surface area contributed by atoms with E-state index in [2.05, 4.69) is 5.32 Å². The number of benzene rings is 1. The van der Waals surface area contributed by atoms with E-state index in [9.17, 15) is 9.90 Å². The van der Waals surface area contributed by atoms with Crippen LogP contribution in [0.15, 0.2) is 24.3 Å². The lowest BCUT2D eigenvalue weighted by molar-refractivity contribution is 0.0429. The molecule has 23 heavy (non-hydrogen) atoms. The van der Waals surface area contributed by atoms with Gasteiger partial charge in [-0.15, -0.1) is 0 Å². The average molecular weight is 317 g/mol. The van der Waals surface area contributed by atoms with Crippen LogP contribution in [-0.4, -0.2) is 30.3 Å². The fourth-order valence-electron chi connectivity index (χ4n) is 3.50. The quantitative estimate of drug-likeness (QED) is 0.846. The molecule has 1 aromatic carbocycles. The first-order valence-electron chi connectivity index (χ1n) is 8.87. The van der Waals surface area contributed by atoms with E-state index in [1.54, 1.807) is 0 Å². The Kier molecular flexibility index (Phi) is 5.21. The van der Waals surface area contributed by atoms with E-state index >= 15 is 0 Å². The van der Waals surface area contributed by atoms with Crippen LogP contribution in [-0.2, 0) is 0 Å². The molecule has 0 aromatic heterocycles. The molecule has 2 N–H and O–H groups in total. The molecule has 0 atom stereocenters. The smallest absolute Gasteiger partial charge is 0.251 e. The number of carbonyl (C=O) groups is 1. The standard InChI is InChI=1S/C19H27NO3/c21-14-19(11-4-12-19)13-20-18(22)15-7-9-17(10-8-15)23-16-5-2-1-3-6-16/h7-10,16,21H,1-6,11-14H2,(H,20,22). The number of aliphatic hydroxyl groups excluding tert-OH is 1. The third-order valence-corrected chi connectivity index (χ3v) is 5.35. The van der Waals surface area contributed by atoms with Crippen LogP contribution in [0.2, 0.25) is 0 Å². The molecule has 0 bridgehead atoms. The molecule has 1 aromatic rings. The second kappa shape index (κ2) is 7.35. The predicted octanol–water partition coefficient (Wildman–Crippen LogP) is 3.29. The van der Waals surface area contributed by atoms with E-state index in [-0.39, 0.29) is 17.9 Å². The minimum atomic E-state index is -0.0836. The van der Waals surface area contributed by atoms with Crippen LogP contribution < -0.4 is 10.1 Å². The zero-order chi connectivity index (χ0) is 16.1. The predicted molar refractivity (Wildman–Crippen MR) is 89.6 cm³/mol. The Balaban J connectivity index is 1.50. The third kappa shape index (κ3) is 4.05. The first kappa shape index (κ1) is 16.3. The van der Waals surface area contributed by atoms with E-state index in [0.717, 1.165) is 37.9 Å². The Morgan fingerprint density at radius 1 is 1.13 bits per heavy atom. The Labute approximate surface area is 138 Å². The van der Waals surface area contributed by atoms with Gasteiger partial charge in [0, 0.05) is 17.5 Å². The molecular weight excluding hydrogens is 290 g/mol. The molecule has 3 rings (SSSR count). The van der Waals surface area contributed by atoms with Crippen molar-refractivity contribution in [3.8, 4) is 5.75 Å². The molecule has 0 radical (unpaired) electrons. The maximum absolute atomic E-state index is 12.2. The molecule has 2 saturated carbocycles. The SMILES string of the molecule is O=C(NCC1(CO)CCC1)c1ccc(OC2CCCCC2)cc1. The van der Waals surface area contributed by atoms with Gasteiger partial charge >= 0.3 is 0 Å². The van der Waals surface area contributed by atoms with Gasteiger partial charge in [-0.05, 0) is 62.8 Å². The van der Waals surface area contributed by atoms with Gasteiger partial charge in [0.15, 0.2) is 0 Å².